The van der Waals surface area contributed by atoms with Crippen molar-refractivity contribution in [1.82, 2.24) is 0 Å². The number of carboxylic acid groups (broad SMARTS) is 2. The Kier molecular flexibility index (Phi) is 4.23. The summed E-state index contributed by atoms with van der Waals surface area (Å²) in [4.78, 5) is 22.5. The van der Waals surface area contributed by atoms with E-state index in [0.717, 1.165) is 36.0 Å². The Morgan fingerprint density at radius 2 is 1.19 bits per heavy atom. The van der Waals surface area contributed by atoms with Crippen molar-refractivity contribution < 1.29 is 28.6 Å². The summed E-state index contributed by atoms with van der Waals surface area (Å²) in [6.07, 6.45) is 0. The minimum absolute atomic E-state index is 0.165. The van der Waals surface area contributed by atoms with Crippen LogP contribution in [-0.4, -0.2) is 22.2 Å². The highest BCUT2D eigenvalue weighted by Gasteiger charge is 2.17. The molecule has 2 N–H and O–H groups in total. The summed E-state index contributed by atoms with van der Waals surface area (Å²) in [5, 5.41) is 18.1. The summed E-state index contributed by atoms with van der Waals surface area (Å²) in [5.41, 5.74) is -0.582. The Balaban J connectivity index is 2.48. The quantitative estimate of drug-likeness (QED) is 0.904. The van der Waals surface area contributed by atoms with E-state index in [4.69, 9.17) is 10.2 Å². The van der Waals surface area contributed by atoms with Crippen molar-refractivity contribution in [2.45, 2.75) is 9.79 Å². The molecule has 0 heterocycles. The first kappa shape index (κ1) is 15.0. The molecule has 0 spiro atoms. The maximum absolute atomic E-state index is 13.1. The molecule has 0 bridgehead atoms. The van der Waals surface area contributed by atoms with Gasteiger partial charge in [0.05, 0.1) is 11.1 Å². The van der Waals surface area contributed by atoms with Gasteiger partial charge in [-0.1, -0.05) is 11.8 Å². The van der Waals surface area contributed by atoms with E-state index in [0.29, 0.717) is 0 Å². The van der Waals surface area contributed by atoms with Gasteiger partial charge >= 0.3 is 11.9 Å². The number of aromatic carboxylic acids is 2. The fourth-order valence-corrected chi connectivity index (χ4v) is 2.66. The summed E-state index contributed by atoms with van der Waals surface area (Å²) in [7, 11) is 0. The van der Waals surface area contributed by atoms with Crippen molar-refractivity contribution in [3.05, 3.63) is 59.2 Å². The number of hydrogen-bond acceptors (Lipinski definition) is 3. The fourth-order valence-electron chi connectivity index (χ4n) is 1.64. The Morgan fingerprint density at radius 3 is 1.52 bits per heavy atom. The predicted molar refractivity (Wildman–Crippen MR) is 70.8 cm³/mol. The number of halogens is 2. The van der Waals surface area contributed by atoms with Gasteiger partial charge in [0, 0.05) is 9.79 Å². The monoisotopic (exact) mass is 310 g/mol. The molecule has 0 amide bonds. The van der Waals surface area contributed by atoms with Crippen LogP contribution in [0.15, 0.2) is 46.2 Å². The van der Waals surface area contributed by atoms with Crippen LogP contribution < -0.4 is 0 Å². The lowest BCUT2D eigenvalue weighted by Crippen LogP contribution is -2.02. The summed E-state index contributed by atoms with van der Waals surface area (Å²) in [5.74, 6) is -4.10. The molecule has 4 nitrogen and oxygen atoms in total. The van der Waals surface area contributed by atoms with E-state index < -0.39 is 23.6 Å². The van der Waals surface area contributed by atoms with Crippen molar-refractivity contribution in [2.24, 2.45) is 0 Å². The van der Waals surface area contributed by atoms with E-state index in [9.17, 15) is 18.4 Å². The van der Waals surface area contributed by atoms with Gasteiger partial charge < -0.3 is 10.2 Å². The summed E-state index contributed by atoms with van der Waals surface area (Å²) in [6, 6.07) is 6.29. The zero-order valence-electron chi connectivity index (χ0n) is 10.3. The van der Waals surface area contributed by atoms with Crippen LogP contribution in [0.1, 0.15) is 20.7 Å². The molecule has 0 saturated heterocycles. The molecule has 0 aliphatic rings. The van der Waals surface area contributed by atoms with Crippen LogP contribution in [0.4, 0.5) is 8.78 Å². The minimum atomic E-state index is -1.34. The molecular weight excluding hydrogens is 302 g/mol. The molecule has 2 rings (SSSR count). The second-order valence-corrected chi connectivity index (χ2v) is 5.08. The molecule has 0 radical (unpaired) electrons. The minimum Gasteiger partial charge on any atom is -0.478 e. The summed E-state index contributed by atoms with van der Waals surface area (Å²) >= 11 is 0.820. The van der Waals surface area contributed by atoms with Gasteiger partial charge in [-0.25, -0.2) is 18.4 Å². The average Bonchev–Trinajstić information content (AvgIpc) is 2.42. The van der Waals surface area contributed by atoms with Crippen LogP contribution in [0.2, 0.25) is 0 Å². The number of carbonyl (C=O) groups is 2. The van der Waals surface area contributed by atoms with E-state index in [-0.39, 0.29) is 20.9 Å². The van der Waals surface area contributed by atoms with Gasteiger partial charge in [0.15, 0.2) is 0 Å². The third-order valence-electron chi connectivity index (χ3n) is 2.56. The number of hydrogen-bond donors (Lipinski definition) is 2. The third-order valence-corrected chi connectivity index (χ3v) is 3.72. The van der Waals surface area contributed by atoms with Crippen molar-refractivity contribution in [3.8, 4) is 0 Å². The zero-order chi connectivity index (χ0) is 15.6. The molecule has 0 fully saturated rings. The van der Waals surface area contributed by atoms with Crippen LogP contribution in [0.5, 0.6) is 0 Å². The Morgan fingerprint density at radius 1 is 0.810 bits per heavy atom. The molecule has 0 atom stereocenters. The molecule has 0 unspecified atom stereocenters. The Hall–Kier alpha value is -2.41. The molecule has 0 saturated carbocycles. The van der Waals surface area contributed by atoms with Crippen molar-refractivity contribution in [1.29, 1.82) is 0 Å². The van der Waals surface area contributed by atoms with Gasteiger partial charge in [0.1, 0.15) is 11.6 Å². The second kappa shape index (κ2) is 5.92. The molecule has 21 heavy (non-hydrogen) atoms. The van der Waals surface area contributed by atoms with Crippen molar-refractivity contribution in [3.63, 3.8) is 0 Å². The van der Waals surface area contributed by atoms with Crippen LogP contribution in [-0.2, 0) is 0 Å². The maximum Gasteiger partial charge on any atom is 0.336 e. The molecule has 7 heteroatoms. The predicted octanol–water partition coefficient (Wildman–Crippen LogP) is 3.51. The largest absolute Gasteiger partial charge is 0.478 e. The number of benzene rings is 2. The van der Waals surface area contributed by atoms with Gasteiger partial charge in [-0.2, -0.15) is 0 Å². The van der Waals surface area contributed by atoms with Gasteiger partial charge in [-0.3, -0.25) is 0 Å². The number of carboxylic acids is 2. The first-order valence-corrected chi connectivity index (χ1v) is 6.43. The highest BCUT2D eigenvalue weighted by molar-refractivity contribution is 7.99. The lowest BCUT2D eigenvalue weighted by Gasteiger charge is -2.08. The van der Waals surface area contributed by atoms with Crippen molar-refractivity contribution in [2.75, 3.05) is 0 Å². The second-order valence-electron chi connectivity index (χ2n) is 3.99. The summed E-state index contributed by atoms with van der Waals surface area (Å²) in [6.45, 7) is 0. The lowest BCUT2D eigenvalue weighted by molar-refractivity contribution is 0.0682. The van der Waals surface area contributed by atoms with Gasteiger partial charge in [-0.05, 0) is 36.4 Å². The Labute approximate surface area is 122 Å². The normalized spacial score (nSPS) is 10.4. The maximum atomic E-state index is 13.1. The first-order valence-electron chi connectivity index (χ1n) is 5.62. The van der Waals surface area contributed by atoms with E-state index in [1.54, 1.807) is 0 Å². The average molecular weight is 310 g/mol. The van der Waals surface area contributed by atoms with Gasteiger partial charge in [-0.15, -0.1) is 0 Å². The summed E-state index contributed by atoms with van der Waals surface area (Å²) < 4.78 is 26.2. The van der Waals surface area contributed by atoms with E-state index in [1.807, 2.05) is 0 Å². The number of rotatable bonds is 4. The van der Waals surface area contributed by atoms with Crippen LogP contribution in [0.25, 0.3) is 0 Å². The zero-order valence-corrected chi connectivity index (χ0v) is 11.2. The van der Waals surface area contributed by atoms with Gasteiger partial charge in [0.2, 0.25) is 0 Å². The molecule has 0 aromatic heterocycles. The highest BCUT2D eigenvalue weighted by Crippen LogP contribution is 2.33. The Bertz CT molecular complexity index is 669. The molecule has 0 aliphatic carbocycles. The van der Waals surface area contributed by atoms with Gasteiger partial charge in [0.25, 0.3) is 0 Å². The van der Waals surface area contributed by atoms with Crippen LogP contribution >= 0.6 is 11.8 Å². The van der Waals surface area contributed by atoms with Crippen LogP contribution in [0, 0.1) is 11.6 Å². The molecule has 0 aliphatic heterocycles. The smallest absolute Gasteiger partial charge is 0.336 e. The third kappa shape index (κ3) is 3.38. The van der Waals surface area contributed by atoms with E-state index in [2.05, 4.69) is 0 Å². The highest BCUT2D eigenvalue weighted by atomic mass is 32.2. The molecular formula is C14H8F2O4S. The van der Waals surface area contributed by atoms with Crippen molar-refractivity contribution >= 4 is 23.7 Å². The van der Waals surface area contributed by atoms with Crippen LogP contribution in [0.3, 0.4) is 0 Å². The fraction of sp³-hybridized carbons (Fsp3) is 0. The lowest BCUT2D eigenvalue weighted by atomic mass is 10.2. The topological polar surface area (TPSA) is 74.6 Å². The molecule has 2 aromatic carbocycles. The molecule has 108 valence electrons. The molecule has 2 aromatic rings. The van der Waals surface area contributed by atoms with E-state index >= 15 is 0 Å². The SMILES string of the molecule is O=C(O)c1cc(F)ccc1Sc1ccc(F)cc1C(=O)O. The van der Waals surface area contributed by atoms with E-state index in [1.165, 1.54) is 12.1 Å². The first-order chi connectivity index (χ1) is 9.88. The standard InChI is InChI=1S/C14H8F2O4S/c15-7-1-3-11(9(5-7)13(17)18)21-12-4-2-8(16)6-10(12)14(19)20/h1-6H,(H,17,18)(H,19,20).